The molecule has 0 spiro atoms. The number of nitrogens with one attached hydrogen (secondary N) is 1. The van der Waals surface area contributed by atoms with E-state index < -0.39 is 18.1 Å². The van der Waals surface area contributed by atoms with Gasteiger partial charge in [-0.25, -0.2) is 4.39 Å². The zero-order valence-corrected chi connectivity index (χ0v) is 18.3. The summed E-state index contributed by atoms with van der Waals surface area (Å²) < 4.78 is 53.7. The predicted octanol–water partition coefficient (Wildman–Crippen LogP) is 3.84. The maximum absolute atomic E-state index is 13.1. The van der Waals surface area contributed by atoms with Crippen LogP contribution in [0.25, 0.3) is 0 Å². The lowest BCUT2D eigenvalue weighted by Crippen LogP contribution is -2.48. The molecule has 0 radical (unpaired) electrons. The summed E-state index contributed by atoms with van der Waals surface area (Å²) in [7, 11) is 0. The third-order valence-corrected chi connectivity index (χ3v) is 5.40. The first-order chi connectivity index (χ1) is 15.6. The Morgan fingerprint density at radius 3 is 2.30 bits per heavy atom. The predicted molar refractivity (Wildman–Crippen MR) is 113 cm³/mol. The summed E-state index contributed by atoms with van der Waals surface area (Å²) in [6.07, 6.45) is -4.60. The average molecular weight is 488 g/mol. The van der Waals surface area contributed by atoms with E-state index in [9.17, 15) is 27.2 Å². The quantitative estimate of drug-likeness (QED) is 0.603. The van der Waals surface area contributed by atoms with E-state index in [1.165, 1.54) is 18.2 Å². The van der Waals surface area contributed by atoms with Crippen LogP contribution in [0.5, 0.6) is 5.75 Å². The SMILES string of the molecule is O=C(NCCC(=O)N1CCN(Cc2ccc(OC(F)(F)F)cc2)CC1)c1ccc(F)cc1Cl. The lowest BCUT2D eigenvalue weighted by molar-refractivity contribution is -0.274. The molecule has 11 heteroatoms. The fourth-order valence-electron chi connectivity index (χ4n) is 3.42. The highest BCUT2D eigenvalue weighted by Crippen LogP contribution is 2.23. The van der Waals surface area contributed by atoms with Gasteiger partial charge in [-0.15, -0.1) is 13.2 Å². The first kappa shape index (κ1) is 24.8. The minimum atomic E-state index is -4.72. The number of carbonyl (C=O) groups is 2. The van der Waals surface area contributed by atoms with E-state index in [-0.39, 0.29) is 35.2 Å². The van der Waals surface area contributed by atoms with Gasteiger partial charge >= 0.3 is 6.36 Å². The van der Waals surface area contributed by atoms with Gasteiger partial charge in [0.2, 0.25) is 5.91 Å². The number of hydrogen-bond donors (Lipinski definition) is 1. The highest BCUT2D eigenvalue weighted by molar-refractivity contribution is 6.33. The van der Waals surface area contributed by atoms with Crippen molar-refractivity contribution < 1.29 is 31.9 Å². The van der Waals surface area contributed by atoms with Crippen LogP contribution in [0.3, 0.4) is 0 Å². The fraction of sp³-hybridized carbons (Fsp3) is 0.364. The molecule has 6 nitrogen and oxygen atoms in total. The van der Waals surface area contributed by atoms with Gasteiger partial charge in [0.1, 0.15) is 11.6 Å². The van der Waals surface area contributed by atoms with Crippen molar-refractivity contribution in [2.45, 2.75) is 19.3 Å². The Balaban J connectivity index is 1.38. The van der Waals surface area contributed by atoms with Gasteiger partial charge in [-0.2, -0.15) is 0 Å². The molecule has 178 valence electrons. The van der Waals surface area contributed by atoms with Crippen molar-refractivity contribution in [1.82, 2.24) is 15.1 Å². The summed E-state index contributed by atoms with van der Waals surface area (Å²) in [5, 5.41) is 2.60. The van der Waals surface area contributed by atoms with Gasteiger partial charge in [0.25, 0.3) is 5.91 Å². The first-order valence-corrected chi connectivity index (χ1v) is 10.6. The number of ether oxygens (including phenoxy) is 1. The fourth-order valence-corrected chi connectivity index (χ4v) is 3.67. The van der Waals surface area contributed by atoms with Crippen LogP contribution in [0.1, 0.15) is 22.3 Å². The van der Waals surface area contributed by atoms with Crippen molar-refractivity contribution in [3.05, 3.63) is 64.4 Å². The maximum Gasteiger partial charge on any atom is 0.573 e. The van der Waals surface area contributed by atoms with E-state index in [0.29, 0.717) is 32.7 Å². The molecule has 0 atom stereocenters. The van der Waals surface area contributed by atoms with Crippen LogP contribution in [-0.2, 0) is 11.3 Å². The van der Waals surface area contributed by atoms with Crippen LogP contribution in [0, 0.1) is 5.82 Å². The molecule has 1 aliphatic rings. The summed E-state index contributed by atoms with van der Waals surface area (Å²) in [6.45, 7) is 2.91. The molecule has 33 heavy (non-hydrogen) atoms. The number of nitrogens with zero attached hydrogens (tertiary/aromatic N) is 2. The molecule has 1 N–H and O–H groups in total. The summed E-state index contributed by atoms with van der Waals surface area (Å²) in [5.74, 6) is -1.40. The topological polar surface area (TPSA) is 61.9 Å². The Bertz CT molecular complexity index is 978. The van der Waals surface area contributed by atoms with Crippen LogP contribution in [0.4, 0.5) is 17.6 Å². The van der Waals surface area contributed by atoms with Crippen molar-refractivity contribution in [1.29, 1.82) is 0 Å². The summed E-state index contributed by atoms with van der Waals surface area (Å²) in [4.78, 5) is 28.3. The van der Waals surface area contributed by atoms with Gasteiger partial charge < -0.3 is 15.0 Å². The third-order valence-electron chi connectivity index (χ3n) is 5.09. The molecule has 1 saturated heterocycles. The average Bonchev–Trinajstić information content (AvgIpc) is 2.74. The smallest absolute Gasteiger partial charge is 0.406 e. The molecule has 0 bridgehead atoms. The first-order valence-electron chi connectivity index (χ1n) is 10.2. The Morgan fingerprint density at radius 1 is 1.03 bits per heavy atom. The normalized spacial score (nSPS) is 14.8. The molecule has 2 aromatic rings. The van der Waals surface area contributed by atoms with E-state index >= 15 is 0 Å². The standard InChI is InChI=1S/C22H22ClF4N3O3/c23-19-13-16(24)3-6-18(19)21(32)28-8-7-20(31)30-11-9-29(10-12-30)14-15-1-4-17(5-2-15)33-22(25,26)27/h1-6,13H,7-12,14H2,(H,28,32). The molecule has 3 rings (SSSR count). The van der Waals surface area contributed by atoms with E-state index in [1.807, 2.05) is 0 Å². The summed E-state index contributed by atoms with van der Waals surface area (Å²) >= 11 is 5.86. The van der Waals surface area contributed by atoms with Crippen molar-refractivity contribution in [3.8, 4) is 5.75 Å². The van der Waals surface area contributed by atoms with Crippen LogP contribution in [0.15, 0.2) is 42.5 Å². The molecule has 0 aliphatic carbocycles. The van der Waals surface area contributed by atoms with E-state index in [1.54, 1.807) is 17.0 Å². The molecular formula is C22H22ClF4N3O3. The Hall–Kier alpha value is -2.85. The molecule has 0 saturated carbocycles. The number of piperazine rings is 1. The highest BCUT2D eigenvalue weighted by atomic mass is 35.5. The molecule has 2 amide bonds. The molecule has 1 fully saturated rings. The van der Waals surface area contributed by atoms with E-state index in [0.717, 1.165) is 17.7 Å². The number of halogens is 5. The molecule has 2 aromatic carbocycles. The van der Waals surface area contributed by atoms with Crippen molar-refractivity contribution >= 4 is 23.4 Å². The lowest BCUT2D eigenvalue weighted by atomic mass is 10.2. The number of rotatable bonds is 7. The summed E-state index contributed by atoms with van der Waals surface area (Å²) in [5.41, 5.74) is 0.976. The number of benzene rings is 2. The van der Waals surface area contributed by atoms with Crippen molar-refractivity contribution in [2.24, 2.45) is 0 Å². The van der Waals surface area contributed by atoms with E-state index in [4.69, 9.17) is 11.6 Å². The monoisotopic (exact) mass is 487 g/mol. The third kappa shape index (κ3) is 7.61. The lowest BCUT2D eigenvalue weighted by Gasteiger charge is -2.34. The minimum Gasteiger partial charge on any atom is -0.406 e. The zero-order chi connectivity index (χ0) is 24.0. The summed E-state index contributed by atoms with van der Waals surface area (Å²) in [6, 6.07) is 9.17. The Kier molecular flexibility index (Phi) is 8.15. The van der Waals surface area contributed by atoms with Gasteiger partial charge in [0.15, 0.2) is 0 Å². The molecular weight excluding hydrogens is 466 g/mol. The van der Waals surface area contributed by atoms with E-state index in [2.05, 4.69) is 15.0 Å². The van der Waals surface area contributed by atoms with Crippen molar-refractivity contribution in [2.75, 3.05) is 32.7 Å². The van der Waals surface area contributed by atoms with Gasteiger partial charge in [0.05, 0.1) is 10.6 Å². The molecule has 1 aliphatic heterocycles. The number of carbonyl (C=O) groups excluding carboxylic acids is 2. The Labute approximate surface area is 193 Å². The Morgan fingerprint density at radius 2 is 1.70 bits per heavy atom. The molecule has 0 unspecified atom stereocenters. The number of amides is 2. The van der Waals surface area contributed by atoms with Crippen LogP contribution >= 0.6 is 11.6 Å². The van der Waals surface area contributed by atoms with Crippen LogP contribution in [-0.4, -0.2) is 60.7 Å². The van der Waals surface area contributed by atoms with Gasteiger partial charge in [-0.3, -0.25) is 14.5 Å². The number of alkyl halides is 3. The van der Waals surface area contributed by atoms with Gasteiger partial charge in [-0.05, 0) is 35.9 Å². The second-order valence-electron chi connectivity index (χ2n) is 7.48. The largest absolute Gasteiger partial charge is 0.573 e. The van der Waals surface area contributed by atoms with Crippen LogP contribution in [0.2, 0.25) is 5.02 Å². The van der Waals surface area contributed by atoms with Gasteiger partial charge in [0, 0.05) is 45.7 Å². The zero-order valence-electron chi connectivity index (χ0n) is 17.5. The number of hydrogen-bond acceptors (Lipinski definition) is 4. The van der Waals surface area contributed by atoms with Crippen LogP contribution < -0.4 is 10.1 Å². The molecule has 1 heterocycles. The minimum absolute atomic E-state index is 0.00235. The second kappa shape index (κ2) is 10.8. The second-order valence-corrected chi connectivity index (χ2v) is 7.89. The van der Waals surface area contributed by atoms with Crippen molar-refractivity contribution in [3.63, 3.8) is 0 Å². The highest BCUT2D eigenvalue weighted by Gasteiger charge is 2.31. The maximum atomic E-state index is 13.1. The molecule has 0 aromatic heterocycles. The van der Waals surface area contributed by atoms with Gasteiger partial charge in [-0.1, -0.05) is 23.7 Å².